The molecule has 0 spiro atoms. The van der Waals surface area contributed by atoms with Crippen LogP contribution in [0.1, 0.15) is 29.3 Å². The summed E-state index contributed by atoms with van der Waals surface area (Å²) in [6.45, 7) is 2.83. The Hall–Kier alpha value is -2.05. The first kappa shape index (κ1) is 19.7. The third-order valence-electron chi connectivity index (χ3n) is 5.22. The normalized spacial score (nSPS) is 21.1. The minimum atomic E-state index is 0.492. The number of aliphatic imine (C=N–C) groups is 1. The maximum atomic E-state index is 5.21. The average Bonchev–Trinajstić information content (AvgIpc) is 3.23. The molecular weight excluding hydrogens is 356 g/mol. The van der Waals surface area contributed by atoms with E-state index in [-0.39, 0.29) is 0 Å². The van der Waals surface area contributed by atoms with Crippen LogP contribution in [0.2, 0.25) is 0 Å². The molecule has 5 nitrogen and oxygen atoms in total. The lowest BCUT2D eigenvalue weighted by Crippen LogP contribution is -2.44. The highest BCUT2D eigenvalue weighted by Gasteiger charge is 2.31. The Morgan fingerprint density at radius 1 is 1.26 bits per heavy atom. The molecular formula is C21H30N4OS. The van der Waals surface area contributed by atoms with E-state index in [2.05, 4.69) is 57.2 Å². The van der Waals surface area contributed by atoms with Gasteiger partial charge in [-0.2, -0.15) is 0 Å². The summed E-state index contributed by atoms with van der Waals surface area (Å²) in [6.07, 6.45) is 2.50. The van der Waals surface area contributed by atoms with Gasteiger partial charge in [0.25, 0.3) is 0 Å². The number of nitrogens with one attached hydrogen (secondary N) is 2. The molecule has 146 valence electrons. The molecule has 2 aromatic rings. The first-order chi connectivity index (χ1) is 13.2. The van der Waals surface area contributed by atoms with Gasteiger partial charge in [0.1, 0.15) is 5.75 Å². The van der Waals surface area contributed by atoms with Crippen LogP contribution in [-0.2, 0) is 6.54 Å². The molecule has 0 radical (unpaired) electrons. The Balaban J connectivity index is 1.54. The Bertz CT molecular complexity index is 714. The molecule has 0 bridgehead atoms. The van der Waals surface area contributed by atoms with Crippen LogP contribution in [-0.4, -0.2) is 45.2 Å². The van der Waals surface area contributed by atoms with Crippen molar-refractivity contribution >= 4 is 17.3 Å². The predicted octanol–water partition coefficient (Wildman–Crippen LogP) is 3.50. The van der Waals surface area contributed by atoms with Crippen LogP contribution in [0.3, 0.4) is 0 Å². The molecule has 0 amide bonds. The van der Waals surface area contributed by atoms with Gasteiger partial charge in [-0.15, -0.1) is 11.3 Å². The van der Waals surface area contributed by atoms with E-state index in [4.69, 9.17) is 4.74 Å². The lowest BCUT2D eigenvalue weighted by Gasteiger charge is -2.39. The molecule has 2 unspecified atom stereocenters. The Kier molecular flexibility index (Phi) is 7.12. The number of hydrogen-bond donors (Lipinski definition) is 2. The highest BCUT2D eigenvalue weighted by Crippen LogP contribution is 2.36. The van der Waals surface area contributed by atoms with Gasteiger partial charge in [0, 0.05) is 31.1 Å². The van der Waals surface area contributed by atoms with E-state index >= 15 is 0 Å². The van der Waals surface area contributed by atoms with E-state index in [1.54, 1.807) is 7.11 Å². The van der Waals surface area contributed by atoms with E-state index in [0.29, 0.717) is 12.0 Å². The maximum Gasteiger partial charge on any atom is 0.191 e. The van der Waals surface area contributed by atoms with Crippen molar-refractivity contribution in [3.63, 3.8) is 0 Å². The molecule has 6 heteroatoms. The van der Waals surface area contributed by atoms with Crippen molar-refractivity contribution < 1.29 is 4.74 Å². The topological polar surface area (TPSA) is 48.9 Å². The van der Waals surface area contributed by atoms with Crippen LogP contribution in [0.4, 0.5) is 0 Å². The van der Waals surface area contributed by atoms with Gasteiger partial charge in [-0.1, -0.05) is 18.2 Å². The zero-order valence-corrected chi connectivity index (χ0v) is 17.3. The molecule has 1 aromatic heterocycles. The van der Waals surface area contributed by atoms with Crippen LogP contribution in [0, 0.1) is 5.92 Å². The summed E-state index contributed by atoms with van der Waals surface area (Å²) >= 11 is 1.86. The van der Waals surface area contributed by atoms with Gasteiger partial charge in [0.2, 0.25) is 0 Å². The third-order valence-corrected chi connectivity index (χ3v) is 6.16. The third kappa shape index (κ3) is 5.23. The smallest absolute Gasteiger partial charge is 0.191 e. The highest BCUT2D eigenvalue weighted by atomic mass is 32.1. The summed E-state index contributed by atoms with van der Waals surface area (Å²) < 4.78 is 5.21. The number of ether oxygens (including phenoxy) is 1. The van der Waals surface area contributed by atoms with Crippen LogP contribution < -0.4 is 15.4 Å². The van der Waals surface area contributed by atoms with Crippen LogP contribution in [0.5, 0.6) is 5.75 Å². The number of likely N-dealkylation sites (tertiary alicyclic amines) is 1. The summed E-state index contributed by atoms with van der Waals surface area (Å²) in [5, 5.41) is 9.13. The van der Waals surface area contributed by atoms with Crippen LogP contribution >= 0.6 is 11.3 Å². The quantitative estimate of drug-likeness (QED) is 0.589. The highest BCUT2D eigenvalue weighted by molar-refractivity contribution is 7.10. The molecule has 1 fully saturated rings. The van der Waals surface area contributed by atoms with Crippen molar-refractivity contribution in [2.75, 3.05) is 34.3 Å². The number of guanidine groups is 1. The average molecular weight is 387 g/mol. The molecule has 27 heavy (non-hydrogen) atoms. The molecule has 1 saturated heterocycles. The van der Waals surface area contributed by atoms with Gasteiger partial charge in [0.05, 0.1) is 7.11 Å². The molecule has 0 aliphatic carbocycles. The number of nitrogens with zero attached hydrogens (tertiary/aromatic N) is 2. The van der Waals surface area contributed by atoms with E-state index in [9.17, 15) is 0 Å². The van der Waals surface area contributed by atoms with Crippen LogP contribution in [0.15, 0.2) is 46.8 Å². The van der Waals surface area contributed by atoms with E-state index in [0.717, 1.165) is 24.8 Å². The summed E-state index contributed by atoms with van der Waals surface area (Å²) in [4.78, 5) is 8.35. The fourth-order valence-corrected chi connectivity index (χ4v) is 4.74. The van der Waals surface area contributed by atoms with Crippen molar-refractivity contribution in [1.82, 2.24) is 15.5 Å². The van der Waals surface area contributed by atoms with Crippen molar-refractivity contribution in [3.8, 4) is 5.75 Å². The van der Waals surface area contributed by atoms with Crippen LogP contribution in [0.25, 0.3) is 0 Å². The number of benzene rings is 1. The maximum absolute atomic E-state index is 5.21. The molecule has 1 aliphatic heterocycles. The monoisotopic (exact) mass is 386 g/mol. The van der Waals surface area contributed by atoms with Crippen molar-refractivity contribution in [2.45, 2.75) is 25.4 Å². The molecule has 2 atom stereocenters. The zero-order chi connectivity index (χ0) is 19.1. The van der Waals surface area contributed by atoms with Crippen molar-refractivity contribution in [2.24, 2.45) is 10.9 Å². The van der Waals surface area contributed by atoms with E-state index in [1.807, 2.05) is 30.5 Å². The van der Waals surface area contributed by atoms with E-state index < -0.39 is 0 Å². The summed E-state index contributed by atoms with van der Waals surface area (Å²) in [5.41, 5.74) is 1.20. The van der Waals surface area contributed by atoms with Gasteiger partial charge in [-0.3, -0.25) is 9.89 Å². The Morgan fingerprint density at radius 2 is 2.07 bits per heavy atom. The number of rotatable bonds is 6. The first-order valence-corrected chi connectivity index (χ1v) is 10.4. The zero-order valence-electron chi connectivity index (χ0n) is 16.4. The molecule has 0 saturated carbocycles. The largest absolute Gasteiger partial charge is 0.497 e. The second-order valence-corrected chi connectivity index (χ2v) is 7.98. The van der Waals surface area contributed by atoms with Gasteiger partial charge in [-0.05, 0) is 61.5 Å². The summed E-state index contributed by atoms with van der Waals surface area (Å²) in [7, 11) is 5.76. The number of methoxy groups -OCH3 is 1. The minimum Gasteiger partial charge on any atom is -0.497 e. The lowest BCUT2D eigenvalue weighted by atomic mass is 9.88. The molecule has 2 N–H and O–H groups in total. The SMILES string of the molecule is CN=C(NCc1ccc(OC)cc1)NCC1CCCN(C)C1c1cccs1. The standard InChI is InChI=1S/C21H30N4OS/c1-22-21(23-14-16-8-10-18(26-3)11-9-16)24-15-17-6-4-12-25(2)20(17)19-7-5-13-27-19/h5,7-11,13,17,20H,4,6,12,14-15H2,1-3H3,(H2,22,23,24). The van der Waals surface area contributed by atoms with Crippen molar-refractivity contribution in [3.05, 3.63) is 52.2 Å². The van der Waals surface area contributed by atoms with Gasteiger partial charge in [0.15, 0.2) is 5.96 Å². The Morgan fingerprint density at radius 3 is 2.74 bits per heavy atom. The second kappa shape index (κ2) is 9.76. The summed E-state index contributed by atoms with van der Waals surface area (Å²) in [6, 6.07) is 13.0. The molecule has 2 heterocycles. The molecule has 1 aliphatic rings. The summed E-state index contributed by atoms with van der Waals surface area (Å²) in [5.74, 6) is 2.31. The van der Waals surface area contributed by atoms with Gasteiger partial charge >= 0.3 is 0 Å². The van der Waals surface area contributed by atoms with Crippen molar-refractivity contribution in [1.29, 1.82) is 0 Å². The molecule has 1 aromatic carbocycles. The lowest BCUT2D eigenvalue weighted by molar-refractivity contribution is 0.125. The van der Waals surface area contributed by atoms with Gasteiger partial charge < -0.3 is 15.4 Å². The molecule has 3 rings (SSSR count). The number of thiophene rings is 1. The van der Waals surface area contributed by atoms with Gasteiger partial charge in [-0.25, -0.2) is 0 Å². The fourth-order valence-electron chi connectivity index (χ4n) is 3.76. The first-order valence-electron chi connectivity index (χ1n) is 9.52. The Labute approximate surface area is 166 Å². The minimum absolute atomic E-state index is 0.492. The number of hydrogen-bond acceptors (Lipinski definition) is 4. The number of piperidine rings is 1. The van der Waals surface area contributed by atoms with E-state index in [1.165, 1.54) is 29.8 Å². The fraction of sp³-hybridized carbons (Fsp3) is 0.476. The predicted molar refractivity (Wildman–Crippen MR) is 114 cm³/mol. The second-order valence-electron chi connectivity index (χ2n) is 7.00.